The molecule has 5 aliphatic carbocycles. The minimum Gasteiger partial charge on any atom is -0.481 e. The normalized spacial score (nSPS) is 60.0. The van der Waals surface area contributed by atoms with Crippen molar-refractivity contribution < 1.29 is 51.0 Å². The third kappa shape index (κ3) is 2.85. The van der Waals surface area contributed by atoms with Crippen molar-refractivity contribution in [3.63, 3.8) is 0 Å². The van der Waals surface area contributed by atoms with Crippen LogP contribution in [0.2, 0.25) is 0 Å². The standard InChI is InChI=1S/C31H41NO4/c1-26(2)10-12-31(25(35)36)13-11-30(7)23(19(31)16-26)20(33)14-22-28(5)15-18(17-32)24(34)27(3,4)21(28)8-9-29(22,30)6/h14-15,19,21,23H,8-13,16H2,1-7H3,(H,35,36)/t19-,21-,23-,28-,29+,30+,31-/m0/s1/i1D3,2D3,3D3,4D3,5D3,6D3,7D3,10D2. The van der Waals surface area contributed by atoms with Crippen LogP contribution in [0, 0.1) is 61.6 Å². The number of carbonyl (C=O) groups is 3. The van der Waals surface area contributed by atoms with Gasteiger partial charge in [0.25, 0.3) is 0 Å². The molecule has 5 heteroatoms. The quantitative estimate of drug-likeness (QED) is 0.443. The number of carboxylic acid groups (broad SMARTS) is 1. The van der Waals surface area contributed by atoms with Crippen LogP contribution in [0.1, 0.15) is 124 Å². The topological polar surface area (TPSA) is 95.2 Å². The Morgan fingerprint density at radius 1 is 1.11 bits per heavy atom. The molecule has 194 valence electrons. The molecule has 0 spiro atoms. The van der Waals surface area contributed by atoms with Crippen molar-refractivity contribution in [1.29, 1.82) is 5.26 Å². The molecule has 0 heterocycles. The van der Waals surface area contributed by atoms with Gasteiger partial charge in [0.1, 0.15) is 6.07 Å². The zero-order valence-electron chi connectivity index (χ0n) is 42.2. The summed E-state index contributed by atoms with van der Waals surface area (Å²) in [4.78, 5) is 42.7. The van der Waals surface area contributed by atoms with E-state index >= 15 is 4.79 Å². The fourth-order valence-electron chi connectivity index (χ4n) is 7.61. The van der Waals surface area contributed by atoms with Crippen LogP contribution in [0.4, 0.5) is 0 Å². The van der Waals surface area contributed by atoms with Crippen LogP contribution in [0.25, 0.3) is 0 Å². The van der Waals surface area contributed by atoms with Crippen LogP contribution in [-0.2, 0) is 14.4 Å². The van der Waals surface area contributed by atoms with Crippen molar-refractivity contribution >= 4 is 17.5 Å². The molecule has 7 atom stereocenters. The molecule has 0 aliphatic heterocycles. The maximum atomic E-state index is 15.2. The molecule has 0 aromatic rings. The molecule has 0 unspecified atom stereocenters. The maximum absolute atomic E-state index is 15.2. The van der Waals surface area contributed by atoms with E-state index in [9.17, 15) is 20.0 Å². The van der Waals surface area contributed by atoms with E-state index in [-0.39, 0.29) is 0 Å². The van der Waals surface area contributed by atoms with Crippen LogP contribution in [0.15, 0.2) is 23.3 Å². The first kappa shape index (κ1) is 9.83. The second kappa shape index (κ2) is 7.21. The van der Waals surface area contributed by atoms with Gasteiger partial charge in [0.2, 0.25) is 0 Å². The summed E-state index contributed by atoms with van der Waals surface area (Å²) in [6.45, 7) is -27.1. The number of carboxylic acids is 1. The van der Waals surface area contributed by atoms with Crippen molar-refractivity contribution in [2.45, 2.75) is 92.9 Å². The largest absolute Gasteiger partial charge is 0.481 e. The van der Waals surface area contributed by atoms with Crippen molar-refractivity contribution in [1.82, 2.24) is 0 Å². The number of rotatable bonds is 1. The van der Waals surface area contributed by atoms with E-state index in [2.05, 4.69) is 0 Å². The summed E-state index contributed by atoms with van der Waals surface area (Å²) in [6.07, 6.45) is -10.1. The van der Waals surface area contributed by atoms with Crippen molar-refractivity contribution in [3.05, 3.63) is 23.3 Å². The Morgan fingerprint density at radius 2 is 1.92 bits per heavy atom. The molecule has 0 radical (unpaired) electrons. The minimum atomic E-state index is -3.97. The van der Waals surface area contributed by atoms with E-state index in [1.165, 1.54) is 6.07 Å². The van der Waals surface area contributed by atoms with E-state index < -0.39 is 172 Å². The number of ketones is 2. The number of hydrogen-bond acceptors (Lipinski definition) is 4. The number of hydrogen-bond donors (Lipinski definition) is 1. The van der Waals surface area contributed by atoms with E-state index in [1.807, 2.05) is 0 Å². The first-order valence-electron chi connectivity index (χ1n) is 23.2. The summed E-state index contributed by atoms with van der Waals surface area (Å²) < 4.78 is 200. The van der Waals surface area contributed by atoms with Crippen LogP contribution in [0.3, 0.4) is 0 Å². The highest BCUT2D eigenvalue weighted by molar-refractivity contribution is 6.04. The van der Waals surface area contributed by atoms with Crippen LogP contribution in [-0.4, -0.2) is 22.6 Å². The molecule has 0 saturated heterocycles. The second-order valence-electron chi connectivity index (χ2n) is 11.1. The average Bonchev–Trinajstić information content (AvgIpc) is 2.99. The zero-order chi connectivity index (χ0) is 46.0. The highest BCUT2D eigenvalue weighted by Crippen LogP contribution is 2.74. The molecule has 0 bridgehead atoms. The van der Waals surface area contributed by atoms with E-state index in [4.69, 9.17) is 31.5 Å². The highest BCUT2D eigenvalue weighted by atomic mass is 16.4. The summed E-state index contributed by atoms with van der Waals surface area (Å²) in [6, 6.07) is 1.33. The SMILES string of the molecule is [2H]C([2H])([2H])C1(C([2H])([2H])[2H])C(=O)C(C#N)=C[C@]2(C([2H])([2H])[2H])C3=CC(=O)[C@@H]4[C@@H]5CC(C([2H])([2H])[2H])(C([2H])([2H])[2H])C([2H])([2H])C[C@]5(C(=O)O)CC[C@@]4(C([2H])([2H])[2H])[C@]3(C([2H])([2H])[2H])CC[C@@H]12. The molecule has 0 aromatic heterocycles. The van der Waals surface area contributed by atoms with Crippen LogP contribution in [0.5, 0.6) is 0 Å². The molecule has 5 nitrogen and oxygen atoms in total. The number of nitriles is 1. The maximum Gasteiger partial charge on any atom is 0.309 e. The Morgan fingerprint density at radius 3 is 2.53 bits per heavy atom. The summed E-state index contributed by atoms with van der Waals surface area (Å²) in [5, 5.41) is 21.1. The fraction of sp³-hybridized carbons (Fsp3) is 0.742. The predicted molar refractivity (Wildman–Crippen MR) is 137 cm³/mol. The average molecular weight is 515 g/mol. The fourth-order valence-corrected chi connectivity index (χ4v) is 7.61. The van der Waals surface area contributed by atoms with Gasteiger partial charge >= 0.3 is 5.97 Å². The van der Waals surface area contributed by atoms with Crippen LogP contribution < -0.4 is 0 Å². The highest BCUT2D eigenvalue weighted by Gasteiger charge is 2.70. The third-order valence-corrected chi connectivity index (χ3v) is 9.50. The number of carbonyl (C=O) groups excluding carboxylic acids is 2. The Labute approximate surface area is 247 Å². The Hall–Kier alpha value is -2.22. The lowest BCUT2D eigenvalue weighted by Gasteiger charge is -2.68. The second-order valence-corrected chi connectivity index (χ2v) is 11.1. The lowest BCUT2D eigenvalue weighted by atomic mass is 9.34. The first-order chi connectivity index (χ1) is 26.0. The molecule has 3 saturated carbocycles. The van der Waals surface area contributed by atoms with E-state index in [0.717, 1.165) is 0 Å². The summed E-state index contributed by atoms with van der Waals surface area (Å²) in [7, 11) is 0. The number of allylic oxidation sites excluding steroid dienone is 4. The molecular formula is C31H41NO4. The van der Waals surface area contributed by atoms with Gasteiger partial charge in [-0.1, -0.05) is 59.6 Å². The Bertz CT molecular complexity index is 1920. The molecule has 3 fully saturated rings. The number of fused-ring (bicyclic) bond motifs is 7. The lowest BCUT2D eigenvalue weighted by Crippen LogP contribution is -2.65. The number of Topliss-reactive ketones (excluding diaryl/α,β-unsaturated/α-hetero) is 1. The van der Waals surface area contributed by atoms with Gasteiger partial charge < -0.3 is 5.11 Å². The van der Waals surface area contributed by atoms with Crippen LogP contribution >= 0.6 is 0 Å². The van der Waals surface area contributed by atoms with Crippen molar-refractivity contribution in [3.8, 4) is 6.07 Å². The number of aliphatic carboxylic acids is 1. The van der Waals surface area contributed by atoms with Crippen molar-refractivity contribution in [2.75, 3.05) is 0 Å². The van der Waals surface area contributed by atoms with Gasteiger partial charge in [-0.25, -0.2) is 0 Å². The molecular weight excluding hydrogens is 450 g/mol. The van der Waals surface area contributed by atoms with Gasteiger partial charge in [0.15, 0.2) is 11.6 Å². The molecule has 5 rings (SSSR count). The first-order valence-corrected chi connectivity index (χ1v) is 11.7. The van der Waals surface area contributed by atoms with Gasteiger partial charge in [0.05, 0.1) is 11.0 Å². The lowest BCUT2D eigenvalue weighted by molar-refractivity contribution is -0.188. The summed E-state index contributed by atoms with van der Waals surface area (Å²) in [5.41, 5.74) is -22.3. The zero-order valence-corrected chi connectivity index (χ0v) is 19.2. The van der Waals surface area contributed by atoms with Gasteiger partial charge in [-0.15, -0.1) is 0 Å². The number of nitrogens with zero attached hydrogens (tertiary/aromatic N) is 1. The molecule has 1 N–H and O–H groups in total. The monoisotopic (exact) mass is 514 g/mol. The smallest absolute Gasteiger partial charge is 0.309 e. The molecule has 36 heavy (non-hydrogen) atoms. The predicted octanol–water partition coefficient (Wildman–Crippen LogP) is 6.29. The molecule has 0 amide bonds. The van der Waals surface area contributed by atoms with Gasteiger partial charge in [-0.05, 0) is 79.1 Å². The molecule has 5 aliphatic rings. The van der Waals surface area contributed by atoms with Crippen molar-refractivity contribution in [2.24, 2.45) is 50.2 Å². The Kier molecular flexibility index (Phi) is 1.97. The van der Waals surface area contributed by atoms with E-state index in [0.29, 0.717) is 12.2 Å². The van der Waals surface area contributed by atoms with E-state index in [1.54, 1.807) is 0 Å². The minimum absolute atomic E-state index is 0.332. The van der Waals surface area contributed by atoms with Gasteiger partial charge in [-0.3, -0.25) is 14.4 Å². The molecule has 0 aromatic carbocycles. The summed E-state index contributed by atoms with van der Waals surface area (Å²) in [5.74, 6) is -12.6. The van der Waals surface area contributed by atoms with Gasteiger partial charge in [0, 0.05) is 48.3 Å². The Balaban J connectivity index is 2.07. The van der Waals surface area contributed by atoms with Gasteiger partial charge in [-0.2, -0.15) is 5.26 Å². The third-order valence-electron chi connectivity index (χ3n) is 9.50. The summed E-state index contributed by atoms with van der Waals surface area (Å²) >= 11 is 0.